The normalized spacial score (nSPS) is 31.8. The van der Waals surface area contributed by atoms with Crippen molar-refractivity contribution < 1.29 is 8.42 Å². The number of nitrogens with zero attached hydrogens (tertiary/aromatic N) is 1. The molecule has 1 aromatic rings. The maximum atomic E-state index is 12.9. The number of piperidine rings is 1. The van der Waals surface area contributed by atoms with Gasteiger partial charge in [0.25, 0.3) is 0 Å². The molecule has 19 heavy (non-hydrogen) atoms. The van der Waals surface area contributed by atoms with Gasteiger partial charge in [-0.2, -0.15) is 4.31 Å². The second kappa shape index (κ2) is 4.55. The summed E-state index contributed by atoms with van der Waals surface area (Å²) in [5.41, 5.74) is 6.01. The first-order valence-electron chi connectivity index (χ1n) is 6.75. The minimum Gasteiger partial charge on any atom is -0.328 e. The number of hydrogen-bond acceptors (Lipinski definition) is 4. The van der Waals surface area contributed by atoms with Crippen molar-refractivity contribution in [2.45, 2.75) is 62.6 Å². The van der Waals surface area contributed by atoms with Gasteiger partial charge in [-0.3, -0.25) is 0 Å². The summed E-state index contributed by atoms with van der Waals surface area (Å²) in [6.07, 6.45) is 3.52. The van der Waals surface area contributed by atoms with Gasteiger partial charge in [0, 0.05) is 27.9 Å². The molecule has 0 saturated carbocycles. The van der Waals surface area contributed by atoms with Gasteiger partial charge in [0.15, 0.2) is 0 Å². The third kappa shape index (κ3) is 2.14. The highest BCUT2D eigenvalue weighted by atomic mass is 32.2. The van der Waals surface area contributed by atoms with Crippen molar-refractivity contribution in [3.63, 3.8) is 0 Å². The number of aryl methyl sites for hydroxylation is 2. The Bertz CT molecular complexity index is 580. The summed E-state index contributed by atoms with van der Waals surface area (Å²) in [7, 11) is -3.34. The van der Waals surface area contributed by atoms with Gasteiger partial charge < -0.3 is 5.73 Å². The summed E-state index contributed by atoms with van der Waals surface area (Å²) in [6.45, 7) is 3.85. The molecule has 2 saturated heterocycles. The fourth-order valence-corrected chi connectivity index (χ4v) is 6.96. The number of thiophene rings is 1. The van der Waals surface area contributed by atoms with E-state index in [4.69, 9.17) is 5.73 Å². The fourth-order valence-electron chi connectivity index (χ4n) is 3.55. The van der Waals surface area contributed by atoms with Crippen LogP contribution < -0.4 is 5.73 Å². The highest BCUT2D eigenvalue weighted by Crippen LogP contribution is 2.40. The first-order valence-corrected chi connectivity index (χ1v) is 9.01. The smallest absolute Gasteiger partial charge is 0.244 e. The Labute approximate surface area is 118 Å². The van der Waals surface area contributed by atoms with Crippen LogP contribution in [-0.2, 0) is 10.0 Å². The van der Waals surface area contributed by atoms with E-state index < -0.39 is 10.0 Å². The second-order valence-corrected chi connectivity index (χ2v) is 9.00. The Morgan fingerprint density at radius 2 is 1.84 bits per heavy atom. The van der Waals surface area contributed by atoms with Crippen molar-refractivity contribution in [2.24, 2.45) is 5.73 Å². The van der Waals surface area contributed by atoms with Crippen molar-refractivity contribution in [2.75, 3.05) is 0 Å². The van der Waals surface area contributed by atoms with E-state index in [-0.39, 0.29) is 18.1 Å². The summed E-state index contributed by atoms with van der Waals surface area (Å²) >= 11 is 1.55. The molecule has 2 bridgehead atoms. The Hall–Kier alpha value is -0.430. The first kappa shape index (κ1) is 13.5. The molecule has 2 aliphatic heterocycles. The molecule has 0 aromatic carbocycles. The Morgan fingerprint density at radius 3 is 2.32 bits per heavy atom. The molecular formula is C13H20N2O2S2. The molecule has 2 aliphatic rings. The predicted molar refractivity (Wildman–Crippen MR) is 76.8 cm³/mol. The number of fused-ring (bicyclic) bond motifs is 2. The van der Waals surface area contributed by atoms with Crippen molar-refractivity contribution in [3.8, 4) is 0 Å². The van der Waals surface area contributed by atoms with E-state index in [2.05, 4.69) is 0 Å². The largest absolute Gasteiger partial charge is 0.328 e. The number of sulfonamides is 1. The van der Waals surface area contributed by atoms with Crippen LogP contribution in [0.2, 0.25) is 0 Å². The van der Waals surface area contributed by atoms with Crippen LogP contribution in [0.1, 0.15) is 35.4 Å². The van der Waals surface area contributed by atoms with Crippen LogP contribution in [0.4, 0.5) is 0 Å². The minimum atomic E-state index is -3.34. The van der Waals surface area contributed by atoms with Gasteiger partial charge in [0.1, 0.15) is 0 Å². The maximum absolute atomic E-state index is 12.9. The number of rotatable bonds is 2. The summed E-state index contributed by atoms with van der Waals surface area (Å²) < 4.78 is 27.5. The summed E-state index contributed by atoms with van der Waals surface area (Å²) in [5, 5.41) is 0. The highest BCUT2D eigenvalue weighted by molar-refractivity contribution is 7.89. The van der Waals surface area contributed by atoms with E-state index in [1.165, 1.54) is 0 Å². The third-order valence-corrected chi connectivity index (χ3v) is 7.48. The quantitative estimate of drug-likeness (QED) is 0.908. The van der Waals surface area contributed by atoms with Crippen LogP contribution in [0.15, 0.2) is 11.0 Å². The van der Waals surface area contributed by atoms with Crippen molar-refractivity contribution in [1.29, 1.82) is 0 Å². The molecule has 2 unspecified atom stereocenters. The van der Waals surface area contributed by atoms with Gasteiger partial charge in [0.05, 0.1) is 4.90 Å². The molecule has 0 spiro atoms. The van der Waals surface area contributed by atoms with E-state index in [0.717, 1.165) is 35.4 Å². The molecule has 0 aliphatic carbocycles. The number of hydrogen-bond donors (Lipinski definition) is 1. The SMILES string of the molecule is Cc1cc(S(=O)(=O)N2C3CCC2CC(N)C3)c(C)s1. The maximum Gasteiger partial charge on any atom is 0.244 e. The molecule has 2 N–H and O–H groups in total. The molecule has 0 radical (unpaired) electrons. The average Bonchev–Trinajstić information content (AvgIpc) is 2.78. The Morgan fingerprint density at radius 1 is 1.26 bits per heavy atom. The minimum absolute atomic E-state index is 0.110. The lowest BCUT2D eigenvalue weighted by atomic mass is 10.0. The summed E-state index contributed by atoms with van der Waals surface area (Å²) in [4.78, 5) is 2.45. The molecule has 0 amide bonds. The summed E-state index contributed by atoms with van der Waals surface area (Å²) in [6, 6.07) is 2.19. The van der Waals surface area contributed by atoms with Gasteiger partial charge >= 0.3 is 0 Å². The van der Waals surface area contributed by atoms with Crippen LogP contribution in [0.5, 0.6) is 0 Å². The number of nitrogens with two attached hydrogens (primary N) is 1. The molecular weight excluding hydrogens is 280 g/mol. The lowest BCUT2D eigenvalue weighted by Gasteiger charge is -2.36. The molecule has 3 rings (SSSR count). The van der Waals surface area contributed by atoms with Gasteiger partial charge in [-0.1, -0.05) is 0 Å². The van der Waals surface area contributed by atoms with E-state index in [1.54, 1.807) is 15.6 Å². The zero-order valence-corrected chi connectivity index (χ0v) is 12.9. The summed E-state index contributed by atoms with van der Waals surface area (Å²) in [5.74, 6) is 0. The van der Waals surface area contributed by atoms with Crippen LogP contribution in [-0.4, -0.2) is 30.8 Å². The lowest BCUT2D eigenvalue weighted by molar-refractivity contribution is 0.227. The molecule has 6 heteroatoms. The molecule has 1 aromatic heterocycles. The van der Waals surface area contributed by atoms with Gasteiger partial charge in [-0.15, -0.1) is 11.3 Å². The van der Waals surface area contributed by atoms with E-state index >= 15 is 0 Å². The molecule has 4 nitrogen and oxygen atoms in total. The highest BCUT2D eigenvalue weighted by Gasteiger charge is 2.46. The lowest BCUT2D eigenvalue weighted by Crippen LogP contribution is -2.50. The van der Waals surface area contributed by atoms with Crippen LogP contribution in [0, 0.1) is 13.8 Å². The monoisotopic (exact) mass is 300 g/mol. The van der Waals surface area contributed by atoms with Crippen molar-refractivity contribution in [3.05, 3.63) is 15.8 Å². The predicted octanol–water partition coefficient (Wildman–Crippen LogP) is 2.01. The fraction of sp³-hybridized carbons (Fsp3) is 0.692. The first-order chi connectivity index (χ1) is 8.89. The van der Waals surface area contributed by atoms with Crippen LogP contribution in [0.3, 0.4) is 0 Å². The second-order valence-electron chi connectivity index (χ2n) is 5.73. The van der Waals surface area contributed by atoms with E-state index in [0.29, 0.717) is 4.90 Å². The average molecular weight is 300 g/mol. The third-order valence-electron chi connectivity index (χ3n) is 4.25. The van der Waals surface area contributed by atoms with Crippen molar-refractivity contribution >= 4 is 21.4 Å². The van der Waals surface area contributed by atoms with Crippen molar-refractivity contribution in [1.82, 2.24) is 4.31 Å². The van der Waals surface area contributed by atoms with E-state index in [9.17, 15) is 8.42 Å². The van der Waals surface area contributed by atoms with Gasteiger partial charge in [0.2, 0.25) is 10.0 Å². The molecule has 2 atom stereocenters. The standard InChI is InChI=1S/C13H20N2O2S2/c1-8-5-13(9(2)18-8)19(16,17)15-11-3-4-12(15)7-10(14)6-11/h5,10-12H,3-4,6-7,14H2,1-2H3. The van der Waals surface area contributed by atoms with Crippen LogP contribution in [0.25, 0.3) is 0 Å². The zero-order valence-electron chi connectivity index (χ0n) is 11.3. The van der Waals surface area contributed by atoms with Gasteiger partial charge in [-0.25, -0.2) is 8.42 Å². The van der Waals surface area contributed by atoms with E-state index in [1.807, 2.05) is 19.9 Å². The Kier molecular flexibility index (Phi) is 3.24. The molecule has 106 valence electrons. The molecule has 3 heterocycles. The molecule has 2 fully saturated rings. The van der Waals surface area contributed by atoms with Gasteiger partial charge in [-0.05, 0) is 45.6 Å². The zero-order chi connectivity index (χ0) is 13.8. The van der Waals surface area contributed by atoms with Crippen LogP contribution >= 0.6 is 11.3 Å². The topological polar surface area (TPSA) is 63.4 Å². The Balaban J connectivity index is 2.00.